The number of likely N-dealkylation sites (N-methyl/N-ethyl adjacent to an activating group) is 1. The van der Waals surface area contributed by atoms with Crippen LogP contribution in [0.1, 0.15) is 58.6 Å². The minimum Gasteiger partial charge on any atom is -0.397 e. The maximum absolute atomic E-state index is 14.1. The number of halogens is 2. The quantitative estimate of drug-likeness (QED) is 0.280. The third-order valence-corrected chi connectivity index (χ3v) is 12.7. The molecule has 0 spiro atoms. The number of fused-ring (bicyclic) bond motifs is 1. The maximum Gasteiger partial charge on any atom is 0.322 e. The van der Waals surface area contributed by atoms with Gasteiger partial charge in [-0.2, -0.15) is 0 Å². The van der Waals surface area contributed by atoms with Crippen molar-refractivity contribution in [3.05, 3.63) is 86.1 Å². The summed E-state index contributed by atoms with van der Waals surface area (Å²) in [7, 11) is 2.05. The second-order valence-corrected chi connectivity index (χ2v) is 16.5. The van der Waals surface area contributed by atoms with E-state index >= 15 is 0 Å². The normalized spacial score (nSPS) is 19.3. The Morgan fingerprint density at radius 2 is 1.52 bits per heavy atom. The fourth-order valence-electron chi connectivity index (χ4n) is 7.99. The predicted molar refractivity (Wildman–Crippen MR) is 214 cm³/mol. The van der Waals surface area contributed by atoms with E-state index in [-0.39, 0.29) is 29.9 Å². The summed E-state index contributed by atoms with van der Waals surface area (Å²) in [6.45, 7) is 5.59. The summed E-state index contributed by atoms with van der Waals surface area (Å²) in [5.74, 6) is 0.240. The number of hydrogen-bond donors (Lipinski definition) is 3. The number of aromatic nitrogens is 1. The van der Waals surface area contributed by atoms with Gasteiger partial charge in [0, 0.05) is 104 Å². The molecule has 0 radical (unpaired) electrons. The van der Waals surface area contributed by atoms with Gasteiger partial charge < -0.3 is 40.9 Å². The molecular formula is C39H47Br2N9O4. The van der Waals surface area contributed by atoms with Crippen LogP contribution >= 0.6 is 31.9 Å². The molecule has 5 heterocycles. The van der Waals surface area contributed by atoms with E-state index in [2.05, 4.69) is 59.4 Å². The van der Waals surface area contributed by atoms with Gasteiger partial charge >= 0.3 is 12.1 Å². The van der Waals surface area contributed by atoms with Crippen molar-refractivity contribution in [1.29, 1.82) is 0 Å². The van der Waals surface area contributed by atoms with E-state index in [1.807, 2.05) is 51.1 Å². The first-order valence-corrected chi connectivity index (χ1v) is 20.3. The zero-order valence-corrected chi connectivity index (χ0v) is 33.6. The number of nitrogens with one attached hydrogen (secondary N) is 2. The summed E-state index contributed by atoms with van der Waals surface area (Å²) in [4.78, 5) is 68.1. The van der Waals surface area contributed by atoms with Crippen LogP contribution < -0.4 is 16.4 Å². The molecule has 54 heavy (non-hydrogen) atoms. The number of nitrogens with zero attached hydrogens (tertiary/aromatic N) is 6. The largest absolute Gasteiger partial charge is 0.397 e. The average molecular weight is 866 g/mol. The number of carbonyl (C=O) groups is 4. The second kappa shape index (κ2) is 16.7. The lowest BCUT2D eigenvalue weighted by Crippen LogP contribution is -2.57. The summed E-state index contributed by atoms with van der Waals surface area (Å²) < 4.78 is 1.43. The van der Waals surface area contributed by atoms with Crippen molar-refractivity contribution in [2.45, 2.75) is 56.7 Å². The summed E-state index contributed by atoms with van der Waals surface area (Å²) in [5.41, 5.74) is 11.0. The molecule has 15 heteroatoms. The van der Waals surface area contributed by atoms with Crippen LogP contribution in [0.4, 0.5) is 21.0 Å². The number of rotatable bonds is 7. The molecule has 0 unspecified atom stereocenters. The van der Waals surface area contributed by atoms with E-state index in [1.54, 1.807) is 23.4 Å². The summed E-state index contributed by atoms with van der Waals surface area (Å²) >= 11 is 7.04. The molecule has 4 aliphatic heterocycles. The summed E-state index contributed by atoms with van der Waals surface area (Å²) in [6.07, 6.45) is 6.81. The number of piperidine rings is 2. The number of benzene rings is 2. The number of likely N-dealkylation sites (tertiary alicyclic amines) is 2. The van der Waals surface area contributed by atoms with Crippen molar-refractivity contribution >= 4 is 67.1 Å². The monoisotopic (exact) mass is 863 g/mol. The Morgan fingerprint density at radius 3 is 2.19 bits per heavy atom. The van der Waals surface area contributed by atoms with Gasteiger partial charge in [-0.05, 0) is 124 Å². The Kier molecular flexibility index (Phi) is 11.7. The van der Waals surface area contributed by atoms with E-state index in [1.165, 1.54) is 5.56 Å². The van der Waals surface area contributed by atoms with E-state index in [0.29, 0.717) is 96.9 Å². The Hall–Kier alpha value is -4.21. The molecule has 13 nitrogen and oxygen atoms in total. The SMILES string of the molecule is CN1CCN(C(=O)c2ccc3c(c2)NC(=O)N(C2CCN(C(=O)N[C@H](Cc4cc(Br)c(N)c(Br)c4)C(=O)N4CCC(c5ccncc5)CC4)CC2)C3)CC1. The van der Waals surface area contributed by atoms with Crippen LogP contribution in [-0.4, -0.2) is 125 Å². The van der Waals surface area contributed by atoms with Crippen LogP contribution in [0, 0.1) is 0 Å². The number of amides is 6. The molecule has 1 aromatic heterocycles. The molecule has 0 aliphatic carbocycles. The third kappa shape index (κ3) is 8.52. The topological polar surface area (TPSA) is 147 Å². The molecule has 3 saturated heterocycles. The number of anilines is 2. The number of piperazine rings is 1. The lowest BCUT2D eigenvalue weighted by atomic mass is 9.89. The van der Waals surface area contributed by atoms with E-state index < -0.39 is 6.04 Å². The van der Waals surface area contributed by atoms with Gasteiger partial charge in [-0.1, -0.05) is 6.07 Å². The van der Waals surface area contributed by atoms with Crippen molar-refractivity contribution in [3.63, 3.8) is 0 Å². The first-order chi connectivity index (χ1) is 26.0. The molecule has 4 N–H and O–H groups in total. The molecule has 3 aromatic rings. The van der Waals surface area contributed by atoms with E-state index in [4.69, 9.17) is 5.73 Å². The number of urea groups is 2. The van der Waals surface area contributed by atoms with Crippen molar-refractivity contribution in [2.75, 3.05) is 70.5 Å². The molecule has 0 saturated carbocycles. The second-order valence-electron chi connectivity index (χ2n) is 14.8. The standard InChI is InChI=1S/C39H47Br2N9O4/c1-46-16-18-48(19-17-46)36(51)28-2-3-29-24-50(39(54)44-33(29)23-28)30-8-14-49(15-9-30)38(53)45-34(22-25-20-31(40)35(42)32(41)21-25)37(52)47-12-6-27(7-13-47)26-4-10-43-11-5-26/h2-5,10-11,20-21,23,27,30,34H,6-9,12-19,22,24,42H2,1H3,(H,44,54)(H,45,53)/t34-/m1/s1. The van der Waals surface area contributed by atoms with Gasteiger partial charge in [-0.15, -0.1) is 0 Å². The molecule has 6 amide bonds. The molecule has 2 aromatic carbocycles. The minimum absolute atomic E-state index is 0.0167. The van der Waals surface area contributed by atoms with Gasteiger partial charge in [0.25, 0.3) is 5.91 Å². The fraction of sp³-hybridized carbons (Fsp3) is 0.462. The van der Waals surface area contributed by atoms with Gasteiger partial charge in [0.05, 0.1) is 5.69 Å². The van der Waals surface area contributed by atoms with Crippen LogP contribution in [0.3, 0.4) is 0 Å². The molecule has 1 atom stereocenters. The molecule has 3 fully saturated rings. The van der Waals surface area contributed by atoms with Gasteiger partial charge in [-0.3, -0.25) is 14.6 Å². The maximum atomic E-state index is 14.1. The van der Waals surface area contributed by atoms with Crippen LogP contribution in [0.25, 0.3) is 0 Å². The lowest BCUT2D eigenvalue weighted by molar-refractivity contribution is -0.134. The number of carbonyl (C=O) groups excluding carboxylic acids is 4. The first kappa shape index (κ1) is 38.1. The van der Waals surface area contributed by atoms with Crippen molar-refractivity contribution < 1.29 is 19.2 Å². The number of nitrogens with two attached hydrogens (primary N) is 1. The van der Waals surface area contributed by atoms with Gasteiger partial charge in [-0.25, -0.2) is 9.59 Å². The third-order valence-electron chi connectivity index (χ3n) is 11.3. The van der Waals surface area contributed by atoms with Crippen molar-refractivity contribution in [2.24, 2.45) is 0 Å². The molecule has 286 valence electrons. The smallest absolute Gasteiger partial charge is 0.322 e. The molecule has 4 aliphatic rings. The van der Waals surface area contributed by atoms with Crippen molar-refractivity contribution in [3.8, 4) is 0 Å². The zero-order valence-electron chi connectivity index (χ0n) is 30.5. The summed E-state index contributed by atoms with van der Waals surface area (Å²) in [5, 5.41) is 6.10. The Morgan fingerprint density at radius 1 is 0.870 bits per heavy atom. The lowest BCUT2D eigenvalue weighted by Gasteiger charge is -2.41. The molecular weight excluding hydrogens is 818 g/mol. The predicted octanol–water partition coefficient (Wildman–Crippen LogP) is 5.12. The summed E-state index contributed by atoms with van der Waals surface area (Å²) in [6, 6.07) is 12.1. The molecule has 7 rings (SSSR count). The van der Waals surface area contributed by atoms with Gasteiger partial charge in [0.15, 0.2) is 0 Å². The minimum atomic E-state index is -0.771. The Bertz CT molecular complexity index is 1850. The highest BCUT2D eigenvalue weighted by Gasteiger charge is 2.36. The van der Waals surface area contributed by atoms with E-state index in [9.17, 15) is 19.2 Å². The highest BCUT2D eigenvalue weighted by molar-refractivity contribution is 9.11. The molecule has 0 bridgehead atoms. The van der Waals surface area contributed by atoms with E-state index in [0.717, 1.165) is 37.1 Å². The highest BCUT2D eigenvalue weighted by Crippen LogP contribution is 2.32. The number of pyridine rings is 1. The first-order valence-electron chi connectivity index (χ1n) is 18.7. The van der Waals surface area contributed by atoms with Crippen molar-refractivity contribution in [1.82, 2.24) is 34.8 Å². The number of hydrogen-bond acceptors (Lipinski definition) is 7. The van der Waals surface area contributed by atoms with Gasteiger partial charge in [0.2, 0.25) is 5.91 Å². The van der Waals surface area contributed by atoms with Crippen LogP contribution in [-0.2, 0) is 17.8 Å². The number of nitrogen functional groups attached to an aromatic ring is 1. The Labute approximate surface area is 332 Å². The fourth-order valence-corrected chi connectivity index (χ4v) is 9.27. The van der Waals surface area contributed by atoms with Crippen LogP contribution in [0.2, 0.25) is 0 Å². The van der Waals surface area contributed by atoms with Crippen LogP contribution in [0.15, 0.2) is 63.8 Å². The van der Waals surface area contributed by atoms with Gasteiger partial charge in [0.1, 0.15) is 6.04 Å². The van der Waals surface area contributed by atoms with Crippen LogP contribution in [0.5, 0.6) is 0 Å². The zero-order chi connectivity index (χ0) is 37.9. The average Bonchev–Trinajstić information content (AvgIpc) is 3.19. The Balaban J connectivity index is 0.970. The highest BCUT2D eigenvalue weighted by atomic mass is 79.9.